The fraction of sp³-hybridized carbons (Fsp3) is 0.333. The number of piperidine rings is 1. The molecule has 3 nitrogen and oxygen atoms in total. The molecular formula is C15H17N3. The average molecular weight is 239 g/mol. The molecule has 1 aromatic heterocycles. The summed E-state index contributed by atoms with van der Waals surface area (Å²) in [5.74, 6) is 1.43. The summed E-state index contributed by atoms with van der Waals surface area (Å²) in [6, 6.07) is 10.1. The largest absolute Gasteiger partial charge is 0.317 e. The summed E-state index contributed by atoms with van der Waals surface area (Å²) in [5.41, 5.74) is 2.35. The number of nitrogens with one attached hydrogen (secondary N) is 1. The van der Waals surface area contributed by atoms with E-state index in [2.05, 4.69) is 15.3 Å². The normalized spacial score (nSPS) is 16.7. The van der Waals surface area contributed by atoms with Gasteiger partial charge in [-0.1, -0.05) is 30.3 Å². The quantitative estimate of drug-likeness (QED) is 0.875. The van der Waals surface area contributed by atoms with Crippen molar-refractivity contribution < 1.29 is 0 Å². The molecule has 2 heterocycles. The lowest BCUT2D eigenvalue weighted by atomic mass is 9.92. The van der Waals surface area contributed by atoms with E-state index in [1.54, 1.807) is 0 Å². The lowest BCUT2D eigenvalue weighted by Gasteiger charge is -2.22. The molecule has 0 amide bonds. The van der Waals surface area contributed by atoms with E-state index < -0.39 is 0 Å². The molecule has 0 radical (unpaired) electrons. The highest BCUT2D eigenvalue weighted by molar-refractivity contribution is 5.54. The number of nitrogens with zero attached hydrogens (tertiary/aromatic N) is 2. The van der Waals surface area contributed by atoms with E-state index in [1.165, 1.54) is 18.4 Å². The van der Waals surface area contributed by atoms with Gasteiger partial charge < -0.3 is 5.32 Å². The third kappa shape index (κ3) is 2.41. The van der Waals surface area contributed by atoms with Crippen molar-refractivity contribution in [1.29, 1.82) is 0 Å². The van der Waals surface area contributed by atoms with Crippen molar-refractivity contribution in [3.63, 3.8) is 0 Å². The van der Waals surface area contributed by atoms with Crippen LogP contribution in [0.3, 0.4) is 0 Å². The summed E-state index contributed by atoms with van der Waals surface area (Å²) in [7, 11) is 0. The lowest BCUT2D eigenvalue weighted by Crippen LogP contribution is -2.26. The van der Waals surface area contributed by atoms with Gasteiger partial charge in [-0.2, -0.15) is 0 Å². The average Bonchev–Trinajstić information content (AvgIpc) is 2.49. The lowest BCUT2D eigenvalue weighted by molar-refractivity contribution is 0.459. The zero-order valence-corrected chi connectivity index (χ0v) is 10.3. The molecule has 1 aromatic carbocycles. The Hall–Kier alpha value is -1.74. The minimum atomic E-state index is 0.621. The smallest absolute Gasteiger partial charge is 0.159 e. The highest BCUT2D eigenvalue weighted by Crippen LogP contribution is 2.24. The van der Waals surface area contributed by atoms with Gasteiger partial charge in [-0.25, -0.2) is 9.97 Å². The molecule has 0 unspecified atom stereocenters. The van der Waals surface area contributed by atoms with Crippen LogP contribution in [0.4, 0.5) is 0 Å². The van der Waals surface area contributed by atoms with Crippen molar-refractivity contribution in [2.75, 3.05) is 13.1 Å². The van der Waals surface area contributed by atoms with Crippen LogP contribution in [0.15, 0.2) is 42.7 Å². The van der Waals surface area contributed by atoms with Gasteiger partial charge in [-0.15, -0.1) is 0 Å². The van der Waals surface area contributed by atoms with Crippen LogP contribution >= 0.6 is 0 Å². The molecule has 0 atom stereocenters. The van der Waals surface area contributed by atoms with Crippen LogP contribution in [0.25, 0.3) is 11.4 Å². The number of aromatic nitrogens is 2. The second-order valence-corrected chi connectivity index (χ2v) is 4.73. The molecule has 0 aliphatic carbocycles. The first kappa shape index (κ1) is 11.4. The fourth-order valence-electron chi connectivity index (χ4n) is 2.44. The number of rotatable bonds is 2. The summed E-state index contributed by atoms with van der Waals surface area (Å²) in [6.07, 6.45) is 6.36. The third-order valence-corrected chi connectivity index (χ3v) is 3.51. The maximum absolute atomic E-state index is 4.49. The standard InChI is InChI=1S/C15H17N3/c1-2-4-13(5-3-1)15-17-10-14(11-18-15)12-6-8-16-9-7-12/h1-5,10-12,16H,6-9H2. The van der Waals surface area contributed by atoms with Crippen molar-refractivity contribution in [3.05, 3.63) is 48.3 Å². The van der Waals surface area contributed by atoms with Crippen LogP contribution in [0.2, 0.25) is 0 Å². The van der Waals surface area contributed by atoms with E-state index in [-0.39, 0.29) is 0 Å². The van der Waals surface area contributed by atoms with Gasteiger partial charge in [-0.05, 0) is 37.4 Å². The fourth-order valence-corrected chi connectivity index (χ4v) is 2.44. The molecule has 0 saturated carbocycles. The third-order valence-electron chi connectivity index (χ3n) is 3.51. The maximum atomic E-state index is 4.49. The Morgan fingerprint density at radius 1 is 0.944 bits per heavy atom. The Bertz CT molecular complexity index is 487. The van der Waals surface area contributed by atoms with Crippen LogP contribution in [-0.4, -0.2) is 23.1 Å². The predicted molar refractivity (Wildman–Crippen MR) is 72.3 cm³/mol. The van der Waals surface area contributed by atoms with E-state index in [0.29, 0.717) is 5.92 Å². The highest BCUT2D eigenvalue weighted by Gasteiger charge is 2.15. The van der Waals surface area contributed by atoms with E-state index in [1.807, 2.05) is 42.7 Å². The van der Waals surface area contributed by atoms with Gasteiger partial charge in [-0.3, -0.25) is 0 Å². The summed E-state index contributed by atoms with van der Waals surface area (Å²) >= 11 is 0. The van der Waals surface area contributed by atoms with Crippen molar-refractivity contribution in [1.82, 2.24) is 15.3 Å². The van der Waals surface area contributed by atoms with Gasteiger partial charge in [0.25, 0.3) is 0 Å². The van der Waals surface area contributed by atoms with Crippen molar-refractivity contribution >= 4 is 0 Å². The second kappa shape index (κ2) is 5.27. The van der Waals surface area contributed by atoms with Gasteiger partial charge in [0, 0.05) is 18.0 Å². The van der Waals surface area contributed by atoms with Gasteiger partial charge in [0.05, 0.1) is 0 Å². The molecule has 18 heavy (non-hydrogen) atoms. The first-order chi connectivity index (χ1) is 8.93. The number of hydrogen-bond acceptors (Lipinski definition) is 3. The summed E-state index contributed by atoms with van der Waals surface area (Å²) < 4.78 is 0. The molecule has 1 fully saturated rings. The van der Waals surface area contributed by atoms with Crippen LogP contribution in [0.5, 0.6) is 0 Å². The molecular weight excluding hydrogens is 222 g/mol. The Kier molecular flexibility index (Phi) is 3.33. The molecule has 1 aliphatic heterocycles. The van der Waals surface area contributed by atoms with Gasteiger partial charge in [0.2, 0.25) is 0 Å². The molecule has 1 N–H and O–H groups in total. The van der Waals surface area contributed by atoms with E-state index in [0.717, 1.165) is 24.5 Å². The minimum absolute atomic E-state index is 0.621. The van der Waals surface area contributed by atoms with Crippen LogP contribution in [0.1, 0.15) is 24.3 Å². The maximum Gasteiger partial charge on any atom is 0.159 e. The van der Waals surface area contributed by atoms with Crippen molar-refractivity contribution in [2.45, 2.75) is 18.8 Å². The Morgan fingerprint density at radius 3 is 2.28 bits per heavy atom. The van der Waals surface area contributed by atoms with Gasteiger partial charge >= 0.3 is 0 Å². The molecule has 0 bridgehead atoms. The minimum Gasteiger partial charge on any atom is -0.317 e. The first-order valence-corrected chi connectivity index (χ1v) is 6.51. The van der Waals surface area contributed by atoms with E-state index in [4.69, 9.17) is 0 Å². The summed E-state index contributed by atoms with van der Waals surface area (Å²) in [6.45, 7) is 2.20. The van der Waals surface area contributed by atoms with Gasteiger partial charge in [0.1, 0.15) is 0 Å². The molecule has 3 heteroatoms. The topological polar surface area (TPSA) is 37.8 Å². The SMILES string of the molecule is c1ccc(-c2ncc(C3CCNCC3)cn2)cc1. The Labute approximate surface area is 107 Å². The zero-order valence-electron chi connectivity index (χ0n) is 10.3. The molecule has 1 saturated heterocycles. The van der Waals surface area contributed by atoms with E-state index >= 15 is 0 Å². The summed E-state index contributed by atoms with van der Waals surface area (Å²) in [5, 5.41) is 3.38. The number of hydrogen-bond donors (Lipinski definition) is 1. The molecule has 92 valence electrons. The van der Waals surface area contributed by atoms with Crippen LogP contribution in [0, 0.1) is 0 Å². The molecule has 0 spiro atoms. The van der Waals surface area contributed by atoms with Crippen LogP contribution < -0.4 is 5.32 Å². The molecule has 2 aromatic rings. The molecule has 3 rings (SSSR count). The zero-order chi connectivity index (χ0) is 12.2. The highest BCUT2D eigenvalue weighted by atomic mass is 14.9. The molecule has 1 aliphatic rings. The van der Waals surface area contributed by atoms with E-state index in [9.17, 15) is 0 Å². The van der Waals surface area contributed by atoms with Crippen molar-refractivity contribution in [2.24, 2.45) is 0 Å². The van der Waals surface area contributed by atoms with Crippen LogP contribution in [-0.2, 0) is 0 Å². The Balaban J connectivity index is 1.80. The second-order valence-electron chi connectivity index (χ2n) is 4.73. The Morgan fingerprint density at radius 2 is 1.61 bits per heavy atom. The predicted octanol–water partition coefficient (Wildman–Crippen LogP) is 2.61. The number of benzene rings is 1. The monoisotopic (exact) mass is 239 g/mol. The van der Waals surface area contributed by atoms with Crippen molar-refractivity contribution in [3.8, 4) is 11.4 Å². The summed E-state index contributed by atoms with van der Waals surface area (Å²) in [4.78, 5) is 8.99. The van der Waals surface area contributed by atoms with Gasteiger partial charge in [0.15, 0.2) is 5.82 Å². The first-order valence-electron chi connectivity index (χ1n) is 6.51.